The first-order valence-electron chi connectivity index (χ1n) is 10.1. The summed E-state index contributed by atoms with van der Waals surface area (Å²) in [5.74, 6) is -3.58. The number of pyridine rings is 1. The lowest BCUT2D eigenvalue weighted by Crippen LogP contribution is -2.49. The van der Waals surface area contributed by atoms with Gasteiger partial charge in [0, 0.05) is 46.4 Å². The number of fused-ring (bicyclic) bond motifs is 2. The van der Waals surface area contributed by atoms with Crippen LogP contribution in [0.25, 0.3) is 10.9 Å². The molecule has 0 spiro atoms. The Balaban J connectivity index is 1.79. The lowest BCUT2D eigenvalue weighted by atomic mass is 9.79. The summed E-state index contributed by atoms with van der Waals surface area (Å²) in [5, 5.41) is 12.5. The maximum Gasteiger partial charge on any atom is 0.305 e. The molecule has 4 rings (SSSR count). The second-order valence-corrected chi connectivity index (χ2v) is 9.06. The highest BCUT2D eigenvalue weighted by molar-refractivity contribution is 6.30. The largest absolute Gasteiger partial charge is 0.492 e. The zero-order chi connectivity index (χ0) is 21.7. The van der Waals surface area contributed by atoms with Crippen LogP contribution >= 0.6 is 11.6 Å². The average Bonchev–Trinajstić information content (AvgIpc) is 3.25. The van der Waals surface area contributed by atoms with Gasteiger partial charge in [0.2, 0.25) is 0 Å². The topological polar surface area (TPSA) is 58.1 Å². The third-order valence-electron chi connectivity index (χ3n) is 5.60. The van der Waals surface area contributed by atoms with Crippen LogP contribution in [0.3, 0.4) is 0 Å². The molecule has 1 aliphatic rings. The molecule has 1 aromatic carbocycles. The van der Waals surface area contributed by atoms with Crippen LogP contribution in [0.5, 0.6) is 5.75 Å². The van der Waals surface area contributed by atoms with E-state index in [2.05, 4.69) is 9.97 Å². The minimum absolute atomic E-state index is 0.0894. The molecule has 1 aliphatic heterocycles. The molecule has 3 aromatic rings. The first-order valence-corrected chi connectivity index (χ1v) is 10.5. The molecule has 0 radical (unpaired) electrons. The number of aryl methyl sites for hydroxylation is 1. The zero-order valence-corrected chi connectivity index (χ0v) is 18.0. The van der Waals surface area contributed by atoms with Crippen molar-refractivity contribution in [2.75, 3.05) is 6.61 Å². The Kier molecular flexibility index (Phi) is 5.27. The van der Waals surface area contributed by atoms with Gasteiger partial charge >= 0.3 is 5.92 Å². The second kappa shape index (κ2) is 7.50. The monoisotopic (exact) mass is 434 g/mol. The van der Waals surface area contributed by atoms with Gasteiger partial charge in [-0.3, -0.25) is 4.98 Å². The predicted molar refractivity (Wildman–Crippen MR) is 113 cm³/mol. The van der Waals surface area contributed by atoms with Gasteiger partial charge in [-0.15, -0.1) is 0 Å². The first kappa shape index (κ1) is 21.1. The number of aromatic nitrogens is 2. The second-order valence-electron chi connectivity index (χ2n) is 8.63. The number of alkyl halides is 2. The summed E-state index contributed by atoms with van der Waals surface area (Å²) in [7, 11) is 0. The number of benzene rings is 1. The van der Waals surface area contributed by atoms with Crippen molar-refractivity contribution in [3.8, 4) is 5.75 Å². The van der Waals surface area contributed by atoms with Crippen molar-refractivity contribution in [3.05, 3.63) is 58.0 Å². The summed E-state index contributed by atoms with van der Waals surface area (Å²) in [6.07, 6.45) is 1.89. The van der Waals surface area contributed by atoms with Crippen molar-refractivity contribution in [2.24, 2.45) is 5.92 Å². The molecule has 3 heterocycles. The number of nitrogens with one attached hydrogen (secondary N) is 1. The predicted octanol–water partition coefficient (Wildman–Crippen LogP) is 5.57. The molecular formula is C23H25ClF2N2O2. The number of nitrogens with zero attached hydrogens (tertiary/aromatic N) is 1. The Bertz CT molecular complexity index is 1100. The van der Waals surface area contributed by atoms with Crippen LogP contribution in [-0.2, 0) is 18.8 Å². The summed E-state index contributed by atoms with van der Waals surface area (Å²) < 4.78 is 37.5. The summed E-state index contributed by atoms with van der Waals surface area (Å²) in [6.45, 7) is 5.83. The van der Waals surface area contributed by atoms with Crippen LogP contribution < -0.4 is 4.74 Å². The molecule has 30 heavy (non-hydrogen) atoms. The number of ether oxygens (including phenoxy) is 1. The third-order valence-corrected chi connectivity index (χ3v) is 5.81. The van der Waals surface area contributed by atoms with Gasteiger partial charge in [0.05, 0.1) is 12.2 Å². The number of rotatable bonds is 6. The molecule has 1 atom stereocenters. The highest BCUT2D eigenvalue weighted by Crippen LogP contribution is 2.50. The molecule has 0 saturated carbocycles. The van der Waals surface area contributed by atoms with Gasteiger partial charge in [-0.25, -0.2) is 0 Å². The van der Waals surface area contributed by atoms with Gasteiger partial charge in [-0.1, -0.05) is 25.4 Å². The van der Waals surface area contributed by atoms with Crippen molar-refractivity contribution < 1.29 is 18.6 Å². The Labute approximate surface area is 179 Å². The van der Waals surface area contributed by atoms with E-state index in [-0.39, 0.29) is 35.1 Å². The molecule has 0 saturated heterocycles. The Hall–Kier alpha value is -2.18. The normalized spacial score (nSPS) is 16.0. The molecule has 0 bridgehead atoms. The van der Waals surface area contributed by atoms with Gasteiger partial charge in [0.15, 0.2) is 0 Å². The Morgan fingerprint density at radius 3 is 2.77 bits per heavy atom. The fraction of sp³-hybridized carbons (Fsp3) is 0.435. The van der Waals surface area contributed by atoms with Crippen LogP contribution in [0.15, 0.2) is 30.5 Å². The van der Waals surface area contributed by atoms with Crippen LogP contribution in [0, 0.1) is 12.8 Å². The molecule has 0 fully saturated rings. The van der Waals surface area contributed by atoms with Crippen LogP contribution in [-0.4, -0.2) is 27.3 Å². The smallest absolute Gasteiger partial charge is 0.305 e. The van der Waals surface area contributed by atoms with Crippen molar-refractivity contribution in [2.45, 2.75) is 51.6 Å². The molecule has 1 unspecified atom stereocenters. The summed E-state index contributed by atoms with van der Waals surface area (Å²) in [4.78, 5) is 7.41. The molecule has 0 amide bonds. The minimum Gasteiger partial charge on any atom is -0.492 e. The van der Waals surface area contributed by atoms with Gasteiger partial charge in [-0.2, -0.15) is 8.78 Å². The third kappa shape index (κ3) is 3.67. The van der Waals surface area contributed by atoms with E-state index < -0.39 is 11.5 Å². The summed E-state index contributed by atoms with van der Waals surface area (Å²) in [5.41, 5.74) is 0.134. The van der Waals surface area contributed by atoms with E-state index in [0.717, 1.165) is 16.6 Å². The van der Waals surface area contributed by atoms with E-state index in [1.165, 1.54) is 6.07 Å². The Morgan fingerprint density at radius 2 is 2.03 bits per heavy atom. The van der Waals surface area contributed by atoms with Crippen LogP contribution in [0.1, 0.15) is 42.8 Å². The standard InChI is InChI=1S/C23H25ClF2N2O2/c1-13(2)10-22(29,11-18-8-16-12-27-14(3)6-20(16)28-18)23(25,26)19-9-17(24)7-15-4-5-30-21(15)19/h6-9,12-13,28-29H,4-5,10-11H2,1-3H3. The van der Waals surface area contributed by atoms with E-state index >= 15 is 8.78 Å². The van der Waals surface area contributed by atoms with Crippen molar-refractivity contribution in [1.29, 1.82) is 0 Å². The average molecular weight is 435 g/mol. The van der Waals surface area contributed by atoms with Crippen LogP contribution in [0.2, 0.25) is 5.02 Å². The number of H-pyrrole nitrogens is 1. The SMILES string of the molecule is Cc1cc2[nH]c(CC(O)(CC(C)C)C(F)(F)c3cc(Cl)cc4c3OCC4)cc2cn1. The summed E-state index contributed by atoms with van der Waals surface area (Å²) >= 11 is 6.14. The van der Waals surface area contributed by atoms with Gasteiger partial charge in [0.25, 0.3) is 0 Å². The van der Waals surface area contributed by atoms with E-state index in [1.54, 1.807) is 18.3 Å². The summed E-state index contributed by atoms with van der Waals surface area (Å²) in [6, 6.07) is 6.49. The number of halogens is 3. The lowest BCUT2D eigenvalue weighted by molar-refractivity contribution is -0.196. The number of hydrogen-bond donors (Lipinski definition) is 2. The Morgan fingerprint density at radius 1 is 1.27 bits per heavy atom. The van der Waals surface area contributed by atoms with E-state index in [4.69, 9.17) is 16.3 Å². The van der Waals surface area contributed by atoms with E-state index in [9.17, 15) is 5.11 Å². The quantitative estimate of drug-likeness (QED) is 0.533. The van der Waals surface area contributed by atoms with E-state index in [1.807, 2.05) is 26.8 Å². The molecule has 2 N–H and O–H groups in total. The number of hydrogen-bond acceptors (Lipinski definition) is 3. The van der Waals surface area contributed by atoms with Gasteiger partial charge in [-0.05, 0) is 49.1 Å². The van der Waals surface area contributed by atoms with E-state index in [0.29, 0.717) is 24.3 Å². The molecule has 4 nitrogen and oxygen atoms in total. The van der Waals surface area contributed by atoms with Gasteiger partial charge in [0.1, 0.15) is 11.4 Å². The van der Waals surface area contributed by atoms with Crippen molar-refractivity contribution in [1.82, 2.24) is 9.97 Å². The molecule has 2 aromatic heterocycles. The molecule has 7 heteroatoms. The molecule has 160 valence electrons. The number of aromatic amines is 1. The minimum atomic E-state index is -3.57. The first-order chi connectivity index (χ1) is 14.1. The highest BCUT2D eigenvalue weighted by Gasteiger charge is 2.56. The van der Waals surface area contributed by atoms with Crippen molar-refractivity contribution in [3.63, 3.8) is 0 Å². The zero-order valence-electron chi connectivity index (χ0n) is 17.2. The lowest BCUT2D eigenvalue weighted by Gasteiger charge is -2.38. The van der Waals surface area contributed by atoms with Crippen LogP contribution in [0.4, 0.5) is 8.78 Å². The number of aliphatic hydroxyl groups is 1. The molecule has 0 aliphatic carbocycles. The fourth-order valence-electron chi connectivity index (χ4n) is 4.34. The van der Waals surface area contributed by atoms with Crippen molar-refractivity contribution >= 4 is 22.5 Å². The fourth-order valence-corrected chi connectivity index (χ4v) is 4.58. The maximum atomic E-state index is 16.0. The highest BCUT2D eigenvalue weighted by atomic mass is 35.5. The van der Waals surface area contributed by atoms with Gasteiger partial charge < -0.3 is 14.8 Å². The molecular weight excluding hydrogens is 410 g/mol. The maximum absolute atomic E-state index is 16.0.